The quantitative estimate of drug-likeness (QED) is 0.0498. The molecule has 3 aromatic carbocycles. The molecule has 1 heterocycles. The number of nitrogens with one attached hydrogen (secondary N) is 4. The van der Waals surface area contributed by atoms with Gasteiger partial charge in [-0.15, -0.1) is 0 Å². The minimum Gasteiger partial charge on any atom is -0.378 e. The Labute approximate surface area is 252 Å². The second-order valence-corrected chi connectivity index (χ2v) is 10.1. The van der Waals surface area contributed by atoms with Gasteiger partial charge in [0.2, 0.25) is 5.91 Å². The van der Waals surface area contributed by atoms with Crippen LogP contribution in [0.4, 0.5) is 0 Å². The number of aromatic amines is 1. The molecule has 1 atom stereocenters. The van der Waals surface area contributed by atoms with Gasteiger partial charge in [-0.1, -0.05) is 117 Å². The fourth-order valence-corrected chi connectivity index (χ4v) is 4.64. The number of carbonyl (C=O) groups excluding carboxylic acids is 2. The summed E-state index contributed by atoms with van der Waals surface area (Å²) in [6, 6.07) is 21.5. The zero-order valence-corrected chi connectivity index (χ0v) is 24.4. The summed E-state index contributed by atoms with van der Waals surface area (Å²) in [7, 11) is 0. The maximum Gasteiger partial charge on any atom is 0.267 e. The van der Waals surface area contributed by atoms with Gasteiger partial charge in [0.15, 0.2) is 0 Å². The molecule has 8 nitrogen and oxygen atoms in total. The summed E-state index contributed by atoms with van der Waals surface area (Å²) in [6.07, 6.45) is 12.5. The number of carbonyl (C=O) groups is 2. The Morgan fingerprint density at radius 1 is 0.953 bits per heavy atom. The van der Waals surface area contributed by atoms with Gasteiger partial charge in [0, 0.05) is 18.4 Å². The number of fused-ring (bicyclic) bond motifs is 3. The lowest BCUT2D eigenvalue weighted by Crippen LogP contribution is -2.34. The molecule has 0 aliphatic rings. The van der Waals surface area contributed by atoms with Crippen LogP contribution in [-0.4, -0.2) is 28.3 Å². The average Bonchev–Trinajstić information content (AvgIpc) is 3.47. The molecule has 1 unspecified atom stereocenters. The second kappa shape index (κ2) is 16.5. The fourth-order valence-electron chi connectivity index (χ4n) is 4.64. The number of unbranched alkanes of at least 4 members (excludes halogenated alkanes) is 2. The summed E-state index contributed by atoms with van der Waals surface area (Å²) >= 11 is 0. The van der Waals surface area contributed by atoms with Gasteiger partial charge in [-0.2, -0.15) is 0 Å². The molecule has 0 bridgehead atoms. The molecule has 0 saturated heterocycles. The number of hydrogen-bond donors (Lipinski definition) is 4. The number of hydrogen-bond acceptors (Lipinski definition) is 5. The molecule has 4 aromatic rings. The van der Waals surface area contributed by atoms with E-state index >= 15 is 0 Å². The van der Waals surface area contributed by atoms with Crippen LogP contribution in [0.5, 0.6) is 0 Å². The van der Waals surface area contributed by atoms with Gasteiger partial charge in [0.25, 0.3) is 5.91 Å². The number of H-pyrrole nitrogens is 1. The van der Waals surface area contributed by atoms with E-state index in [1.165, 1.54) is 0 Å². The number of amides is 2. The summed E-state index contributed by atoms with van der Waals surface area (Å²) in [5.41, 5.74) is 5.56. The Morgan fingerprint density at radius 3 is 2.60 bits per heavy atom. The Hall–Kier alpha value is -4.95. The molecule has 8 heteroatoms. The largest absolute Gasteiger partial charge is 0.378 e. The van der Waals surface area contributed by atoms with E-state index in [0.29, 0.717) is 38.2 Å². The molecule has 222 valence electrons. The number of imidazole rings is 1. The lowest BCUT2D eigenvalue weighted by molar-refractivity contribution is -0.134. The summed E-state index contributed by atoms with van der Waals surface area (Å²) in [5.74, 6) is 0.246. The van der Waals surface area contributed by atoms with Crippen molar-refractivity contribution in [3.63, 3.8) is 0 Å². The molecule has 4 rings (SSSR count). The number of hydroxylamine groups is 1. The van der Waals surface area contributed by atoms with Crippen LogP contribution in [0.1, 0.15) is 49.5 Å². The Bertz CT molecular complexity index is 1590. The van der Waals surface area contributed by atoms with E-state index in [1.807, 2.05) is 78.9 Å². The van der Waals surface area contributed by atoms with Gasteiger partial charge in [-0.3, -0.25) is 14.4 Å². The third kappa shape index (κ3) is 9.55. The molecule has 1 aromatic heterocycles. The molecule has 43 heavy (non-hydrogen) atoms. The summed E-state index contributed by atoms with van der Waals surface area (Å²) in [4.78, 5) is 38.9. The lowest BCUT2D eigenvalue weighted by Gasteiger charge is -2.18. The lowest BCUT2D eigenvalue weighted by atomic mass is 10.1. The predicted octanol–water partition coefficient (Wildman–Crippen LogP) is 6.47. The van der Waals surface area contributed by atoms with Crippen LogP contribution in [0.25, 0.3) is 21.8 Å². The van der Waals surface area contributed by atoms with E-state index in [1.54, 1.807) is 6.08 Å². The van der Waals surface area contributed by atoms with Crippen molar-refractivity contribution >= 4 is 33.6 Å². The first kappa shape index (κ1) is 31.0. The number of benzene rings is 3. The molecule has 0 radical (unpaired) electrons. The van der Waals surface area contributed by atoms with E-state index < -0.39 is 0 Å². The highest BCUT2D eigenvalue weighted by Gasteiger charge is 2.20. The molecular formula is C35H39N5O3. The molecule has 0 saturated carbocycles. The van der Waals surface area contributed by atoms with E-state index in [2.05, 4.69) is 46.4 Å². The number of nitrogens with zero attached hydrogens (tertiary/aromatic N) is 1. The smallest absolute Gasteiger partial charge is 0.267 e. The van der Waals surface area contributed by atoms with Gasteiger partial charge < -0.3 is 15.6 Å². The number of rotatable bonds is 17. The molecular weight excluding hydrogens is 538 g/mol. The van der Waals surface area contributed by atoms with Crippen LogP contribution in [0, 0.1) is 0 Å². The summed E-state index contributed by atoms with van der Waals surface area (Å²) in [6.45, 7) is 8.34. The highest BCUT2D eigenvalue weighted by Crippen LogP contribution is 2.27. The summed E-state index contributed by atoms with van der Waals surface area (Å²) in [5, 5.41) is 8.30. The van der Waals surface area contributed by atoms with E-state index in [-0.39, 0.29) is 23.6 Å². The van der Waals surface area contributed by atoms with Crippen molar-refractivity contribution < 1.29 is 14.4 Å². The van der Waals surface area contributed by atoms with E-state index in [9.17, 15) is 9.59 Å². The van der Waals surface area contributed by atoms with Gasteiger partial charge in [-0.05, 0) is 29.9 Å². The van der Waals surface area contributed by atoms with Crippen molar-refractivity contribution in [2.75, 3.05) is 6.54 Å². The van der Waals surface area contributed by atoms with Crippen LogP contribution >= 0.6 is 0 Å². The highest BCUT2D eigenvalue weighted by atomic mass is 16.6. The zero-order chi connectivity index (χ0) is 30.3. The normalized spacial score (nSPS) is 12.1. The molecule has 4 N–H and O–H groups in total. The predicted molar refractivity (Wildman–Crippen MR) is 173 cm³/mol. The monoisotopic (exact) mass is 577 g/mol. The standard InChI is InChI=1S/C35H39N5O3/c1-3-4-5-6-15-24-36-26(2)35(42)38-31(34-37-30-23-22-28-18-13-14-19-29(28)33(30)39-34)20-11-8-12-21-32(41)40-43-25-27-16-9-7-10-17-27/h3-7,9-10,13-19,22-23,31,36H,1-2,8,11-12,20-21,24-25H2,(H,37,39)(H,38,42)(H,40,41)/b5-4-,15-6-. The van der Waals surface area contributed by atoms with Gasteiger partial charge >= 0.3 is 0 Å². The topological polar surface area (TPSA) is 108 Å². The molecule has 0 aliphatic carbocycles. The first-order chi connectivity index (χ1) is 21.0. The van der Waals surface area contributed by atoms with Crippen LogP contribution in [0.15, 0.2) is 116 Å². The van der Waals surface area contributed by atoms with Gasteiger partial charge in [0.05, 0.1) is 29.4 Å². The van der Waals surface area contributed by atoms with Crippen molar-refractivity contribution in [3.05, 3.63) is 127 Å². The Morgan fingerprint density at radius 2 is 1.77 bits per heavy atom. The van der Waals surface area contributed by atoms with E-state index in [0.717, 1.165) is 40.2 Å². The second-order valence-electron chi connectivity index (χ2n) is 10.1. The van der Waals surface area contributed by atoms with Crippen LogP contribution in [0.3, 0.4) is 0 Å². The maximum absolute atomic E-state index is 13.1. The van der Waals surface area contributed by atoms with Crippen molar-refractivity contribution in [2.45, 2.75) is 44.8 Å². The molecule has 2 amide bonds. The van der Waals surface area contributed by atoms with Gasteiger partial charge in [-0.25, -0.2) is 10.5 Å². The molecule has 0 aliphatic heterocycles. The van der Waals surface area contributed by atoms with E-state index in [4.69, 9.17) is 9.82 Å². The fraction of sp³-hybridized carbons (Fsp3) is 0.229. The van der Waals surface area contributed by atoms with Crippen LogP contribution in [0.2, 0.25) is 0 Å². The van der Waals surface area contributed by atoms with Crippen molar-refractivity contribution in [2.24, 2.45) is 0 Å². The first-order valence-corrected chi connectivity index (χ1v) is 14.5. The molecule has 0 spiro atoms. The van der Waals surface area contributed by atoms with Crippen LogP contribution < -0.4 is 16.1 Å². The maximum atomic E-state index is 13.1. The molecule has 0 fully saturated rings. The number of aromatic nitrogens is 2. The average molecular weight is 578 g/mol. The van der Waals surface area contributed by atoms with Crippen LogP contribution in [-0.2, 0) is 21.0 Å². The zero-order valence-electron chi connectivity index (χ0n) is 24.4. The minimum atomic E-state index is -0.355. The van der Waals surface area contributed by atoms with Gasteiger partial charge in [0.1, 0.15) is 5.82 Å². The SMILES string of the molecule is C=C/C=C\C=C/CNC(=C)C(=O)NC(CCCCCC(=O)NOCc1ccccc1)c1nc2c(ccc3ccccc32)[nH]1. The van der Waals surface area contributed by atoms with Crippen molar-refractivity contribution in [3.8, 4) is 0 Å². The van der Waals surface area contributed by atoms with Crippen molar-refractivity contribution in [1.82, 2.24) is 26.1 Å². The summed E-state index contributed by atoms with van der Waals surface area (Å²) < 4.78 is 0. The Balaban J connectivity index is 1.33. The minimum absolute atomic E-state index is 0.152. The first-order valence-electron chi connectivity index (χ1n) is 14.5. The third-order valence-electron chi connectivity index (χ3n) is 6.90. The highest BCUT2D eigenvalue weighted by molar-refractivity contribution is 6.04. The Kier molecular flexibility index (Phi) is 11.9. The van der Waals surface area contributed by atoms with Crippen molar-refractivity contribution in [1.29, 1.82) is 0 Å². The number of allylic oxidation sites excluding steroid dienone is 4. The third-order valence-corrected chi connectivity index (χ3v) is 6.90.